The van der Waals surface area contributed by atoms with E-state index >= 15 is 0 Å². The first-order chi connectivity index (χ1) is 8.61. The normalized spacial score (nSPS) is 16.8. The number of nitrogens with one attached hydrogen (secondary N) is 1. The van der Waals surface area contributed by atoms with Crippen molar-refractivity contribution in [1.82, 2.24) is 0 Å². The molecule has 0 radical (unpaired) electrons. The van der Waals surface area contributed by atoms with Crippen molar-refractivity contribution in [2.24, 2.45) is 5.41 Å². The summed E-state index contributed by atoms with van der Waals surface area (Å²) < 4.78 is 18.2. The number of halogens is 1. The van der Waals surface area contributed by atoms with Gasteiger partial charge in [-0.15, -0.1) is 0 Å². The molecule has 1 fully saturated rings. The van der Waals surface area contributed by atoms with Crippen LogP contribution < -0.4 is 10.1 Å². The predicted molar refractivity (Wildman–Crippen MR) is 65.0 cm³/mol. The lowest BCUT2D eigenvalue weighted by Crippen LogP contribution is -2.44. The van der Waals surface area contributed by atoms with E-state index in [-0.39, 0.29) is 18.3 Å². The van der Waals surface area contributed by atoms with Crippen molar-refractivity contribution in [3.8, 4) is 5.75 Å². The molecule has 0 bridgehead atoms. The molecular weight excluding hydrogens is 237 g/mol. The molecule has 98 valence electrons. The standard InChI is InChI=1S/C13H16FNO3/c1-18-11-4-3-9(7-10(11)14)15-12(17)13(8-16)5-2-6-13/h3-4,7,16H,2,5-6,8H2,1H3,(H,15,17). The van der Waals surface area contributed by atoms with Crippen molar-refractivity contribution in [2.45, 2.75) is 19.3 Å². The number of anilines is 1. The summed E-state index contributed by atoms with van der Waals surface area (Å²) in [5, 5.41) is 11.9. The summed E-state index contributed by atoms with van der Waals surface area (Å²) in [7, 11) is 1.38. The van der Waals surface area contributed by atoms with Crippen molar-refractivity contribution in [1.29, 1.82) is 0 Å². The Kier molecular flexibility index (Phi) is 3.52. The van der Waals surface area contributed by atoms with Gasteiger partial charge in [0.2, 0.25) is 5.91 Å². The highest BCUT2D eigenvalue weighted by Gasteiger charge is 2.43. The smallest absolute Gasteiger partial charge is 0.232 e. The van der Waals surface area contributed by atoms with E-state index in [1.807, 2.05) is 0 Å². The molecule has 2 rings (SSSR count). The second-order valence-electron chi connectivity index (χ2n) is 4.60. The topological polar surface area (TPSA) is 58.6 Å². The highest BCUT2D eigenvalue weighted by atomic mass is 19.1. The molecule has 5 heteroatoms. The quantitative estimate of drug-likeness (QED) is 0.862. The van der Waals surface area contributed by atoms with E-state index < -0.39 is 11.2 Å². The molecule has 1 aliphatic carbocycles. The first kappa shape index (κ1) is 12.8. The fraction of sp³-hybridized carbons (Fsp3) is 0.462. The van der Waals surface area contributed by atoms with Gasteiger partial charge in [-0.05, 0) is 25.0 Å². The van der Waals surface area contributed by atoms with Crippen molar-refractivity contribution < 1.29 is 19.0 Å². The zero-order valence-corrected chi connectivity index (χ0v) is 10.2. The van der Waals surface area contributed by atoms with Crippen LogP contribution in [0, 0.1) is 11.2 Å². The number of rotatable bonds is 4. The summed E-state index contributed by atoms with van der Waals surface area (Å²) in [5.74, 6) is -0.642. The molecule has 1 saturated carbocycles. The third-order valence-electron chi connectivity index (χ3n) is 3.50. The molecule has 1 amide bonds. The molecule has 0 atom stereocenters. The number of carbonyl (C=O) groups excluding carboxylic acids is 1. The van der Waals surface area contributed by atoms with Crippen LogP contribution in [0.15, 0.2) is 18.2 Å². The zero-order valence-electron chi connectivity index (χ0n) is 10.2. The number of ether oxygens (including phenoxy) is 1. The van der Waals surface area contributed by atoms with Crippen molar-refractivity contribution in [3.05, 3.63) is 24.0 Å². The molecule has 0 aliphatic heterocycles. The SMILES string of the molecule is COc1ccc(NC(=O)C2(CO)CCC2)cc1F. The Morgan fingerprint density at radius 2 is 2.28 bits per heavy atom. The van der Waals surface area contributed by atoms with Gasteiger partial charge < -0.3 is 15.2 Å². The molecule has 18 heavy (non-hydrogen) atoms. The minimum absolute atomic E-state index is 0.133. The number of benzene rings is 1. The highest BCUT2D eigenvalue weighted by molar-refractivity contribution is 5.96. The van der Waals surface area contributed by atoms with E-state index in [2.05, 4.69) is 5.32 Å². The van der Waals surface area contributed by atoms with Gasteiger partial charge >= 0.3 is 0 Å². The van der Waals surface area contributed by atoms with Crippen LogP contribution in [-0.4, -0.2) is 24.7 Å². The lowest BCUT2D eigenvalue weighted by atomic mass is 9.68. The van der Waals surface area contributed by atoms with Crippen LogP contribution in [0.5, 0.6) is 5.75 Å². The number of carbonyl (C=O) groups is 1. The van der Waals surface area contributed by atoms with Gasteiger partial charge in [0.05, 0.1) is 19.1 Å². The van der Waals surface area contributed by atoms with Crippen molar-refractivity contribution in [2.75, 3.05) is 19.0 Å². The molecule has 1 aliphatic rings. The molecule has 1 aromatic carbocycles. The minimum atomic E-state index is -0.684. The van der Waals surface area contributed by atoms with Crippen LogP contribution in [0.3, 0.4) is 0 Å². The molecule has 4 nitrogen and oxygen atoms in total. The van der Waals surface area contributed by atoms with Gasteiger partial charge in [0, 0.05) is 11.8 Å². The molecule has 0 saturated heterocycles. The van der Waals surface area contributed by atoms with Crippen LogP contribution in [0.4, 0.5) is 10.1 Å². The van der Waals surface area contributed by atoms with Crippen LogP contribution >= 0.6 is 0 Å². The maximum Gasteiger partial charge on any atom is 0.232 e. The predicted octanol–water partition coefficient (Wildman–Crippen LogP) is 1.94. The Labute approximate surface area is 105 Å². The highest BCUT2D eigenvalue weighted by Crippen LogP contribution is 2.41. The monoisotopic (exact) mass is 253 g/mol. The van der Waals surface area contributed by atoms with Gasteiger partial charge in [-0.25, -0.2) is 4.39 Å². The Morgan fingerprint density at radius 1 is 1.56 bits per heavy atom. The van der Waals surface area contributed by atoms with E-state index in [1.165, 1.54) is 19.2 Å². The van der Waals surface area contributed by atoms with Gasteiger partial charge in [0.1, 0.15) is 0 Å². The van der Waals surface area contributed by atoms with Gasteiger partial charge in [-0.2, -0.15) is 0 Å². The fourth-order valence-corrected chi connectivity index (χ4v) is 2.07. The maximum atomic E-state index is 13.4. The van der Waals surface area contributed by atoms with E-state index in [0.717, 1.165) is 6.42 Å². The largest absolute Gasteiger partial charge is 0.494 e. The second-order valence-corrected chi connectivity index (χ2v) is 4.60. The van der Waals surface area contributed by atoms with Crippen molar-refractivity contribution in [3.63, 3.8) is 0 Å². The third kappa shape index (κ3) is 2.18. The molecule has 0 heterocycles. The van der Waals surface area contributed by atoms with E-state index in [1.54, 1.807) is 6.07 Å². The van der Waals surface area contributed by atoms with Crippen molar-refractivity contribution >= 4 is 11.6 Å². The summed E-state index contributed by atoms with van der Waals surface area (Å²) in [6, 6.07) is 4.24. The Hall–Kier alpha value is -1.62. The number of aliphatic hydroxyl groups is 1. The Balaban J connectivity index is 2.10. The summed E-state index contributed by atoms with van der Waals surface area (Å²) in [6.07, 6.45) is 2.28. The first-order valence-electron chi connectivity index (χ1n) is 5.87. The van der Waals surface area contributed by atoms with Crippen LogP contribution in [-0.2, 0) is 4.79 Å². The Morgan fingerprint density at radius 3 is 2.72 bits per heavy atom. The summed E-state index contributed by atoms with van der Waals surface area (Å²) in [4.78, 5) is 12.0. The average molecular weight is 253 g/mol. The molecule has 0 unspecified atom stereocenters. The number of amides is 1. The number of aliphatic hydroxyl groups excluding tert-OH is 1. The van der Waals surface area contributed by atoms with Crippen LogP contribution in [0.25, 0.3) is 0 Å². The van der Waals surface area contributed by atoms with E-state index in [0.29, 0.717) is 18.5 Å². The summed E-state index contributed by atoms with van der Waals surface area (Å²) >= 11 is 0. The molecule has 1 aromatic rings. The van der Waals surface area contributed by atoms with E-state index in [9.17, 15) is 14.3 Å². The van der Waals surface area contributed by atoms with Gasteiger partial charge in [0.25, 0.3) is 0 Å². The van der Waals surface area contributed by atoms with Gasteiger partial charge in [0.15, 0.2) is 11.6 Å². The fourth-order valence-electron chi connectivity index (χ4n) is 2.07. The van der Waals surface area contributed by atoms with Gasteiger partial charge in [-0.3, -0.25) is 4.79 Å². The second kappa shape index (κ2) is 4.94. The average Bonchev–Trinajstić information content (AvgIpc) is 2.28. The molecular formula is C13H16FNO3. The Bertz CT molecular complexity index is 452. The first-order valence-corrected chi connectivity index (χ1v) is 5.87. The lowest BCUT2D eigenvalue weighted by Gasteiger charge is -2.38. The van der Waals surface area contributed by atoms with Crippen LogP contribution in [0.2, 0.25) is 0 Å². The lowest BCUT2D eigenvalue weighted by molar-refractivity contribution is -0.133. The van der Waals surface area contributed by atoms with Gasteiger partial charge in [-0.1, -0.05) is 6.42 Å². The molecule has 0 spiro atoms. The zero-order chi connectivity index (χ0) is 13.2. The summed E-state index contributed by atoms with van der Waals surface area (Å²) in [6.45, 7) is -0.169. The van der Waals surface area contributed by atoms with E-state index in [4.69, 9.17) is 4.74 Å². The van der Waals surface area contributed by atoms with Crippen LogP contribution in [0.1, 0.15) is 19.3 Å². The maximum absolute atomic E-state index is 13.4. The number of methoxy groups -OCH3 is 1. The number of hydrogen-bond donors (Lipinski definition) is 2. The molecule has 0 aromatic heterocycles. The minimum Gasteiger partial charge on any atom is -0.494 e. The number of hydrogen-bond acceptors (Lipinski definition) is 3. The summed E-state index contributed by atoms with van der Waals surface area (Å²) in [5.41, 5.74) is -0.311. The third-order valence-corrected chi connectivity index (χ3v) is 3.50. The molecule has 2 N–H and O–H groups in total.